The minimum Gasteiger partial charge on any atom is -0.480 e. The molecule has 3 fully saturated rings. The van der Waals surface area contributed by atoms with Crippen LogP contribution in [-0.4, -0.2) is 16.9 Å². The third kappa shape index (κ3) is 1.86. The Kier molecular flexibility index (Phi) is 3.46. The lowest BCUT2D eigenvalue weighted by molar-refractivity contribution is -0.155. The van der Waals surface area contributed by atoms with Crippen molar-refractivity contribution in [2.75, 3.05) is 0 Å². The van der Waals surface area contributed by atoms with E-state index in [2.05, 4.69) is 12.8 Å². The molecule has 0 radical (unpaired) electrons. The zero-order valence-electron chi connectivity index (χ0n) is 14.4. The van der Waals surface area contributed by atoms with Gasteiger partial charge in [0.05, 0.1) is 0 Å². The molecule has 4 rings (SSSR count). The summed E-state index contributed by atoms with van der Waals surface area (Å²) in [7, 11) is 0. The quantitative estimate of drug-likeness (QED) is 0.745. The monoisotopic (exact) mass is 326 g/mol. The van der Waals surface area contributed by atoms with Gasteiger partial charge in [-0.05, 0) is 80.1 Å². The lowest BCUT2D eigenvalue weighted by Crippen LogP contribution is -2.51. The Balaban J connectivity index is 1.68. The largest absolute Gasteiger partial charge is 0.480 e. The number of hydrogen-bond acceptors (Lipinski definition) is 2. The Bertz CT molecular complexity index is 669. The molecule has 0 aromatic heterocycles. The maximum absolute atomic E-state index is 12.0. The number of carboxylic acid groups (broad SMARTS) is 1. The molecule has 0 aliphatic heterocycles. The van der Waals surface area contributed by atoms with E-state index in [0.29, 0.717) is 42.3 Å². The van der Waals surface area contributed by atoms with Crippen LogP contribution >= 0.6 is 0 Å². The summed E-state index contributed by atoms with van der Waals surface area (Å²) in [5, 5.41) is 9.89. The zero-order chi connectivity index (χ0) is 17.1. The zero-order valence-corrected chi connectivity index (χ0v) is 14.4. The molecule has 0 aromatic rings. The predicted octanol–water partition coefficient (Wildman–Crippen LogP) is 3.83. The highest BCUT2D eigenvalue weighted by Gasteiger charge is 2.65. The number of carboxylic acids is 1. The van der Waals surface area contributed by atoms with E-state index in [-0.39, 0.29) is 5.41 Å². The van der Waals surface area contributed by atoms with Crippen molar-refractivity contribution in [3.05, 3.63) is 11.6 Å². The summed E-state index contributed by atoms with van der Waals surface area (Å²) in [6.45, 7) is 2.14. The van der Waals surface area contributed by atoms with E-state index in [4.69, 9.17) is 6.42 Å². The summed E-state index contributed by atoms with van der Waals surface area (Å²) in [5.74, 6) is 4.38. The number of aliphatic carboxylic acids is 1. The summed E-state index contributed by atoms with van der Waals surface area (Å²) in [4.78, 5) is 23.8. The first kappa shape index (κ1) is 15.9. The highest BCUT2D eigenvalue weighted by Crippen LogP contribution is 2.67. The van der Waals surface area contributed by atoms with Gasteiger partial charge in [0.25, 0.3) is 0 Å². The Morgan fingerprint density at radius 2 is 2.00 bits per heavy atom. The maximum atomic E-state index is 12.0. The first-order chi connectivity index (χ1) is 11.4. The molecule has 3 saturated carbocycles. The van der Waals surface area contributed by atoms with Crippen LogP contribution in [0.15, 0.2) is 11.6 Å². The minimum absolute atomic E-state index is 0.277. The molecule has 3 heteroatoms. The summed E-state index contributed by atoms with van der Waals surface area (Å²) < 4.78 is 0. The number of carbonyl (C=O) groups excluding carboxylic acids is 1. The smallest absolute Gasteiger partial charge is 0.322 e. The van der Waals surface area contributed by atoms with Gasteiger partial charge in [-0.15, -0.1) is 6.42 Å². The van der Waals surface area contributed by atoms with Crippen molar-refractivity contribution < 1.29 is 14.7 Å². The second kappa shape index (κ2) is 5.22. The van der Waals surface area contributed by atoms with Crippen LogP contribution in [0.2, 0.25) is 0 Å². The van der Waals surface area contributed by atoms with E-state index in [1.165, 1.54) is 5.57 Å². The van der Waals surface area contributed by atoms with Gasteiger partial charge in [-0.3, -0.25) is 9.59 Å². The fourth-order valence-electron chi connectivity index (χ4n) is 6.87. The predicted molar refractivity (Wildman–Crippen MR) is 91.0 cm³/mol. The standard InChI is InChI=1S/C21H26O3/c1-3-21(19(23)24)11-9-18-17-6-4-13-12-14(22)5-7-15(13)16(17)8-10-20(18,21)2/h1,12,15-18H,4-11H2,2H3,(H,23,24)/t15?,16?,17?,18?,20-,21-/m0/s1. The molecular formula is C21H26O3. The van der Waals surface area contributed by atoms with Crippen molar-refractivity contribution in [3.63, 3.8) is 0 Å². The van der Waals surface area contributed by atoms with E-state index >= 15 is 0 Å². The number of hydrogen-bond donors (Lipinski definition) is 1. The van der Waals surface area contributed by atoms with Crippen molar-refractivity contribution in [2.24, 2.45) is 34.5 Å². The molecule has 24 heavy (non-hydrogen) atoms. The Morgan fingerprint density at radius 1 is 1.21 bits per heavy atom. The van der Waals surface area contributed by atoms with E-state index in [9.17, 15) is 14.7 Å². The first-order valence-corrected chi connectivity index (χ1v) is 9.37. The Labute approximate surface area is 143 Å². The number of rotatable bonds is 1. The van der Waals surface area contributed by atoms with E-state index in [1.807, 2.05) is 6.08 Å². The van der Waals surface area contributed by atoms with Crippen LogP contribution in [0.3, 0.4) is 0 Å². The SMILES string of the molecule is C#C[C@@]1(C(=O)O)CCC2C3CCC4=CC(=O)CCC4C3CC[C@@]21C. The van der Waals surface area contributed by atoms with Crippen molar-refractivity contribution >= 4 is 11.8 Å². The van der Waals surface area contributed by atoms with Gasteiger partial charge in [-0.25, -0.2) is 0 Å². The Hall–Kier alpha value is -1.56. The van der Waals surface area contributed by atoms with Gasteiger partial charge in [0.1, 0.15) is 5.41 Å². The average Bonchev–Trinajstić information content (AvgIpc) is 2.87. The maximum Gasteiger partial charge on any atom is 0.322 e. The summed E-state index contributed by atoms with van der Waals surface area (Å²) >= 11 is 0. The molecule has 0 saturated heterocycles. The van der Waals surface area contributed by atoms with Gasteiger partial charge in [-0.1, -0.05) is 18.4 Å². The minimum atomic E-state index is -0.985. The van der Waals surface area contributed by atoms with Gasteiger partial charge in [0, 0.05) is 6.42 Å². The van der Waals surface area contributed by atoms with Gasteiger partial charge in [-0.2, -0.15) is 0 Å². The molecule has 0 heterocycles. The van der Waals surface area contributed by atoms with Crippen molar-refractivity contribution in [2.45, 2.75) is 58.3 Å². The third-order valence-corrected chi connectivity index (χ3v) is 8.11. The molecule has 6 atom stereocenters. The number of terminal acetylenes is 1. The topological polar surface area (TPSA) is 54.4 Å². The fourth-order valence-corrected chi connectivity index (χ4v) is 6.87. The van der Waals surface area contributed by atoms with E-state index in [0.717, 1.165) is 38.5 Å². The van der Waals surface area contributed by atoms with E-state index < -0.39 is 11.4 Å². The molecule has 1 N–H and O–H groups in total. The second-order valence-electron chi connectivity index (χ2n) is 8.65. The molecule has 4 aliphatic rings. The van der Waals surface area contributed by atoms with Crippen LogP contribution in [0.1, 0.15) is 58.3 Å². The molecule has 3 nitrogen and oxygen atoms in total. The highest BCUT2D eigenvalue weighted by molar-refractivity contribution is 5.91. The molecule has 0 aromatic carbocycles. The molecule has 0 spiro atoms. The van der Waals surface area contributed by atoms with Crippen molar-refractivity contribution in [1.82, 2.24) is 0 Å². The van der Waals surface area contributed by atoms with Gasteiger partial charge in [0.15, 0.2) is 5.78 Å². The van der Waals surface area contributed by atoms with Gasteiger partial charge >= 0.3 is 5.97 Å². The average molecular weight is 326 g/mol. The number of ketones is 1. The number of fused-ring (bicyclic) bond motifs is 5. The number of carbonyl (C=O) groups is 2. The van der Waals surface area contributed by atoms with Crippen LogP contribution in [-0.2, 0) is 9.59 Å². The van der Waals surface area contributed by atoms with Crippen LogP contribution in [0.5, 0.6) is 0 Å². The van der Waals surface area contributed by atoms with Gasteiger partial charge < -0.3 is 5.11 Å². The Morgan fingerprint density at radius 3 is 2.71 bits per heavy atom. The first-order valence-electron chi connectivity index (χ1n) is 9.37. The molecular weight excluding hydrogens is 300 g/mol. The molecule has 0 bridgehead atoms. The van der Waals surface area contributed by atoms with Crippen LogP contribution < -0.4 is 0 Å². The molecule has 0 amide bonds. The van der Waals surface area contributed by atoms with Crippen LogP contribution in [0.4, 0.5) is 0 Å². The van der Waals surface area contributed by atoms with Crippen LogP contribution in [0, 0.1) is 46.8 Å². The molecule has 4 unspecified atom stereocenters. The molecule has 4 aliphatic carbocycles. The highest BCUT2D eigenvalue weighted by atomic mass is 16.4. The van der Waals surface area contributed by atoms with E-state index in [1.54, 1.807) is 0 Å². The number of allylic oxidation sites excluding steroid dienone is 1. The summed E-state index contributed by atoms with van der Waals surface area (Å²) in [5.41, 5.74) is 0.109. The van der Waals surface area contributed by atoms with Crippen LogP contribution in [0.25, 0.3) is 0 Å². The summed E-state index contributed by atoms with van der Waals surface area (Å²) in [6, 6.07) is 0. The second-order valence-corrected chi connectivity index (χ2v) is 8.65. The van der Waals surface area contributed by atoms with Crippen molar-refractivity contribution in [1.29, 1.82) is 0 Å². The van der Waals surface area contributed by atoms with Crippen molar-refractivity contribution in [3.8, 4) is 12.3 Å². The fraction of sp³-hybridized carbons (Fsp3) is 0.714. The van der Waals surface area contributed by atoms with Gasteiger partial charge in [0.2, 0.25) is 0 Å². The normalized spacial score (nSPS) is 47.0. The molecule has 128 valence electrons. The third-order valence-electron chi connectivity index (χ3n) is 8.11. The summed E-state index contributed by atoms with van der Waals surface area (Å²) in [6.07, 6.45) is 15.0. The lowest BCUT2D eigenvalue weighted by Gasteiger charge is -2.55. The lowest BCUT2D eigenvalue weighted by atomic mass is 9.49.